The van der Waals surface area contributed by atoms with Crippen LogP contribution < -0.4 is 22.9 Å². The van der Waals surface area contributed by atoms with E-state index in [1.54, 1.807) is 18.2 Å². The van der Waals surface area contributed by atoms with Crippen LogP contribution in [0.2, 0.25) is 0 Å². The zero-order valence-electron chi connectivity index (χ0n) is 13.3. The molecule has 0 unspecified atom stereocenters. The quantitative estimate of drug-likeness (QED) is 0.498. The number of nitrogens with two attached hydrogens (primary N) is 4. The third-order valence-electron chi connectivity index (χ3n) is 3.61. The van der Waals surface area contributed by atoms with Gasteiger partial charge in [0.2, 0.25) is 23.6 Å². The lowest BCUT2D eigenvalue weighted by Crippen LogP contribution is -2.32. The molecule has 2 aromatic rings. The van der Waals surface area contributed by atoms with Crippen molar-refractivity contribution in [1.82, 2.24) is 0 Å². The molecule has 4 amide bonds. The molecular formula is C17H14N4O5. The van der Waals surface area contributed by atoms with E-state index in [2.05, 4.69) is 0 Å². The molecule has 0 saturated heterocycles. The molecule has 0 spiro atoms. The van der Waals surface area contributed by atoms with E-state index < -0.39 is 57.2 Å². The standard InChI is InChI=1S/C17H14N4O5/c18-14(23)9-6-8(13(22)7-4-2-1-3-5-7)10(15(19)24)12(17(21)26)11(9)16(20)25/h1-6H,(H2,18,23)(H2,19,24)(H2,20,25)(H2,21,26). The second-order valence-corrected chi connectivity index (χ2v) is 5.25. The summed E-state index contributed by atoms with van der Waals surface area (Å²) in [5, 5.41) is 0. The molecular weight excluding hydrogens is 340 g/mol. The van der Waals surface area contributed by atoms with E-state index in [4.69, 9.17) is 22.9 Å². The summed E-state index contributed by atoms with van der Waals surface area (Å²) in [5.41, 5.74) is 18.2. The Hall–Kier alpha value is -4.01. The van der Waals surface area contributed by atoms with Gasteiger partial charge in [0, 0.05) is 11.1 Å². The Balaban J connectivity index is 2.99. The first-order valence-electron chi connectivity index (χ1n) is 7.16. The van der Waals surface area contributed by atoms with Crippen molar-refractivity contribution in [1.29, 1.82) is 0 Å². The van der Waals surface area contributed by atoms with Gasteiger partial charge in [-0.25, -0.2) is 0 Å². The van der Waals surface area contributed by atoms with Gasteiger partial charge in [-0.05, 0) is 6.07 Å². The summed E-state index contributed by atoms with van der Waals surface area (Å²) in [4.78, 5) is 60.1. The molecule has 0 aliphatic carbocycles. The molecule has 9 heteroatoms. The number of rotatable bonds is 6. The van der Waals surface area contributed by atoms with Crippen molar-refractivity contribution in [2.75, 3.05) is 0 Å². The number of ketones is 1. The Kier molecular flexibility index (Phi) is 4.83. The Labute approximate surface area is 146 Å². The molecule has 0 saturated carbocycles. The summed E-state index contributed by atoms with van der Waals surface area (Å²) < 4.78 is 0. The minimum Gasteiger partial charge on any atom is -0.366 e. The number of primary amides is 4. The number of hydrogen-bond donors (Lipinski definition) is 4. The van der Waals surface area contributed by atoms with Crippen LogP contribution in [0.3, 0.4) is 0 Å². The first kappa shape index (κ1) is 18.3. The maximum absolute atomic E-state index is 12.8. The maximum atomic E-state index is 12.8. The summed E-state index contributed by atoms with van der Waals surface area (Å²) in [6.07, 6.45) is 0. The number of benzene rings is 2. The molecule has 0 aromatic heterocycles. The fraction of sp³-hybridized carbons (Fsp3) is 0. The first-order valence-corrected chi connectivity index (χ1v) is 7.16. The van der Waals surface area contributed by atoms with Crippen LogP contribution in [-0.4, -0.2) is 29.4 Å². The molecule has 8 N–H and O–H groups in total. The molecule has 0 bridgehead atoms. The molecule has 0 radical (unpaired) electrons. The maximum Gasteiger partial charge on any atom is 0.250 e. The van der Waals surface area contributed by atoms with E-state index in [0.29, 0.717) is 0 Å². The van der Waals surface area contributed by atoms with Gasteiger partial charge in [-0.1, -0.05) is 30.3 Å². The van der Waals surface area contributed by atoms with E-state index in [1.165, 1.54) is 12.1 Å². The fourth-order valence-electron chi connectivity index (χ4n) is 2.56. The van der Waals surface area contributed by atoms with E-state index in [-0.39, 0.29) is 5.56 Å². The lowest BCUT2D eigenvalue weighted by molar-refractivity contribution is 0.0940. The fourth-order valence-corrected chi connectivity index (χ4v) is 2.56. The van der Waals surface area contributed by atoms with Crippen molar-refractivity contribution in [2.24, 2.45) is 22.9 Å². The molecule has 2 aromatic carbocycles. The predicted molar refractivity (Wildman–Crippen MR) is 90.4 cm³/mol. The molecule has 0 aliphatic rings. The summed E-state index contributed by atoms with van der Waals surface area (Å²) in [6.45, 7) is 0. The lowest BCUT2D eigenvalue weighted by atomic mass is 9.86. The number of carbonyl (C=O) groups excluding carboxylic acids is 5. The van der Waals surface area contributed by atoms with Gasteiger partial charge < -0.3 is 22.9 Å². The largest absolute Gasteiger partial charge is 0.366 e. The minimum absolute atomic E-state index is 0.146. The van der Waals surface area contributed by atoms with Gasteiger partial charge in [-0.15, -0.1) is 0 Å². The van der Waals surface area contributed by atoms with Crippen molar-refractivity contribution in [2.45, 2.75) is 0 Å². The van der Waals surface area contributed by atoms with E-state index >= 15 is 0 Å². The minimum atomic E-state index is -1.27. The molecule has 132 valence electrons. The SMILES string of the molecule is NC(=O)c1cc(C(=O)c2ccccc2)c(C(N)=O)c(C(N)=O)c1C(N)=O. The summed E-state index contributed by atoms with van der Waals surface area (Å²) in [5.74, 6) is -5.55. The van der Waals surface area contributed by atoms with Crippen molar-refractivity contribution in [3.05, 3.63) is 69.8 Å². The van der Waals surface area contributed by atoms with E-state index in [1.807, 2.05) is 0 Å². The number of carbonyl (C=O) groups is 5. The van der Waals surface area contributed by atoms with Crippen LogP contribution in [0.1, 0.15) is 57.4 Å². The van der Waals surface area contributed by atoms with Crippen LogP contribution in [0.15, 0.2) is 36.4 Å². The molecule has 0 aliphatic heterocycles. The highest BCUT2D eigenvalue weighted by atomic mass is 16.2. The molecule has 0 fully saturated rings. The van der Waals surface area contributed by atoms with E-state index in [9.17, 15) is 24.0 Å². The second-order valence-electron chi connectivity index (χ2n) is 5.25. The van der Waals surface area contributed by atoms with Gasteiger partial charge in [-0.2, -0.15) is 0 Å². The van der Waals surface area contributed by atoms with Gasteiger partial charge in [0.05, 0.1) is 22.3 Å². The average Bonchev–Trinajstić information content (AvgIpc) is 2.59. The average molecular weight is 354 g/mol. The van der Waals surface area contributed by atoms with Crippen LogP contribution >= 0.6 is 0 Å². The lowest BCUT2D eigenvalue weighted by Gasteiger charge is -2.16. The van der Waals surface area contributed by atoms with Gasteiger partial charge in [0.15, 0.2) is 5.78 Å². The van der Waals surface area contributed by atoms with Gasteiger partial charge in [0.1, 0.15) is 0 Å². The van der Waals surface area contributed by atoms with Crippen molar-refractivity contribution < 1.29 is 24.0 Å². The third kappa shape index (κ3) is 3.13. The second kappa shape index (κ2) is 6.85. The van der Waals surface area contributed by atoms with Crippen molar-refractivity contribution in [3.8, 4) is 0 Å². The highest BCUT2D eigenvalue weighted by molar-refractivity contribution is 6.23. The van der Waals surface area contributed by atoms with Crippen LogP contribution in [0.4, 0.5) is 0 Å². The van der Waals surface area contributed by atoms with Crippen LogP contribution in [0, 0.1) is 0 Å². The van der Waals surface area contributed by atoms with Gasteiger partial charge >= 0.3 is 0 Å². The highest BCUT2D eigenvalue weighted by Gasteiger charge is 2.31. The van der Waals surface area contributed by atoms with Crippen LogP contribution in [0.5, 0.6) is 0 Å². The number of amides is 4. The Morgan fingerprint density at radius 2 is 1.04 bits per heavy atom. The Bertz CT molecular complexity index is 967. The van der Waals surface area contributed by atoms with Gasteiger partial charge in [-0.3, -0.25) is 24.0 Å². The van der Waals surface area contributed by atoms with Crippen LogP contribution in [-0.2, 0) is 0 Å². The predicted octanol–water partition coefficient (Wildman–Crippen LogP) is -0.687. The molecule has 9 nitrogen and oxygen atoms in total. The summed E-state index contributed by atoms with van der Waals surface area (Å²) in [6, 6.07) is 8.60. The zero-order valence-corrected chi connectivity index (χ0v) is 13.3. The third-order valence-corrected chi connectivity index (χ3v) is 3.61. The van der Waals surface area contributed by atoms with Gasteiger partial charge in [0.25, 0.3) is 0 Å². The van der Waals surface area contributed by atoms with E-state index in [0.717, 1.165) is 6.07 Å². The zero-order chi connectivity index (χ0) is 19.6. The smallest absolute Gasteiger partial charge is 0.250 e. The van der Waals surface area contributed by atoms with Crippen molar-refractivity contribution >= 4 is 29.4 Å². The number of hydrogen-bond acceptors (Lipinski definition) is 5. The molecule has 26 heavy (non-hydrogen) atoms. The topological polar surface area (TPSA) is 189 Å². The Morgan fingerprint density at radius 1 is 0.577 bits per heavy atom. The van der Waals surface area contributed by atoms with Crippen molar-refractivity contribution in [3.63, 3.8) is 0 Å². The summed E-state index contributed by atoms with van der Waals surface area (Å²) in [7, 11) is 0. The summed E-state index contributed by atoms with van der Waals surface area (Å²) >= 11 is 0. The highest BCUT2D eigenvalue weighted by Crippen LogP contribution is 2.25. The first-order chi connectivity index (χ1) is 12.2. The molecule has 0 heterocycles. The Morgan fingerprint density at radius 3 is 1.46 bits per heavy atom. The van der Waals surface area contributed by atoms with Crippen LogP contribution in [0.25, 0.3) is 0 Å². The monoisotopic (exact) mass is 354 g/mol. The normalized spacial score (nSPS) is 10.2. The molecule has 0 atom stereocenters. The molecule has 2 rings (SSSR count).